The number of ether oxygens (including phenoxy) is 1. The van der Waals surface area contributed by atoms with E-state index in [0.717, 1.165) is 0 Å². The molecule has 0 radical (unpaired) electrons. The molecular formula is C15H14ClF3N4O2. The smallest absolute Gasteiger partial charge is 0.422 e. The van der Waals surface area contributed by atoms with Crippen LogP contribution in [0.4, 0.5) is 24.5 Å². The lowest BCUT2D eigenvalue weighted by Gasteiger charge is -2.15. The fraction of sp³-hybridized carbons (Fsp3) is 0.267. The van der Waals surface area contributed by atoms with Crippen molar-refractivity contribution in [3.8, 4) is 5.88 Å². The molecular weight excluding hydrogens is 361 g/mol. The molecule has 0 saturated heterocycles. The summed E-state index contributed by atoms with van der Waals surface area (Å²) in [5, 5.41) is 5.64. The van der Waals surface area contributed by atoms with Gasteiger partial charge in [0.1, 0.15) is 6.04 Å². The molecule has 2 aromatic heterocycles. The highest BCUT2D eigenvalue weighted by atomic mass is 35.5. The van der Waals surface area contributed by atoms with E-state index in [9.17, 15) is 18.0 Å². The largest absolute Gasteiger partial charge is 0.468 e. The Balaban J connectivity index is 1.90. The van der Waals surface area contributed by atoms with Crippen molar-refractivity contribution in [2.75, 3.05) is 17.2 Å². The zero-order chi connectivity index (χ0) is 18.4. The number of rotatable bonds is 6. The zero-order valence-electron chi connectivity index (χ0n) is 13.0. The van der Waals surface area contributed by atoms with E-state index in [1.807, 2.05) is 0 Å². The van der Waals surface area contributed by atoms with Crippen LogP contribution in [-0.2, 0) is 4.79 Å². The molecule has 1 amide bonds. The van der Waals surface area contributed by atoms with Gasteiger partial charge in [-0.15, -0.1) is 0 Å². The molecule has 134 valence electrons. The maximum absolute atomic E-state index is 12.1. The van der Waals surface area contributed by atoms with Crippen molar-refractivity contribution in [2.24, 2.45) is 0 Å². The summed E-state index contributed by atoms with van der Waals surface area (Å²) >= 11 is 5.86. The number of nitrogens with zero attached hydrogens (tertiary/aromatic N) is 2. The van der Waals surface area contributed by atoms with Gasteiger partial charge in [-0.3, -0.25) is 4.79 Å². The first kappa shape index (κ1) is 18.8. The van der Waals surface area contributed by atoms with Crippen LogP contribution in [0, 0.1) is 0 Å². The number of amides is 1. The predicted octanol–water partition coefficient (Wildman–Crippen LogP) is 3.51. The van der Waals surface area contributed by atoms with Crippen molar-refractivity contribution in [1.82, 2.24) is 9.97 Å². The van der Waals surface area contributed by atoms with E-state index < -0.39 is 18.8 Å². The second kappa shape index (κ2) is 8.02. The summed E-state index contributed by atoms with van der Waals surface area (Å²) < 4.78 is 40.7. The molecule has 0 spiro atoms. The minimum atomic E-state index is -4.43. The molecule has 0 aliphatic carbocycles. The van der Waals surface area contributed by atoms with Crippen LogP contribution >= 0.6 is 11.6 Å². The zero-order valence-corrected chi connectivity index (χ0v) is 13.7. The molecule has 0 aliphatic rings. The van der Waals surface area contributed by atoms with Gasteiger partial charge in [-0.1, -0.05) is 11.6 Å². The lowest BCUT2D eigenvalue weighted by molar-refractivity contribution is -0.154. The molecule has 1 atom stereocenters. The molecule has 0 saturated carbocycles. The van der Waals surface area contributed by atoms with Gasteiger partial charge >= 0.3 is 6.18 Å². The Morgan fingerprint density at radius 1 is 1.32 bits per heavy atom. The van der Waals surface area contributed by atoms with Gasteiger partial charge in [0.05, 0.1) is 17.6 Å². The topological polar surface area (TPSA) is 76.1 Å². The lowest BCUT2D eigenvalue weighted by Crippen LogP contribution is -2.32. The minimum absolute atomic E-state index is 0.163. The monoisotopic (exact) mass is 374 g/mol. The number of alkyl halides is 3. The third kappa shape index (κ3) is 6.11. The Morgan fingerprint density at radius 2 is 2.08 bits per heavy atom. The second-order valence-corrected chi connectivity index (χ2v) is 5.34. The number of halogens is 4. The summed E-state index contributed by atoms with van der Waals surface area (Å²) in [5.74, 6) is -0.533. The summed E-state index contributed by atoms with van der Waals surface area (Å²) in [6, 6.07) is 5.31. The van der Waals surface area contributed by atoms with E-state index in [2.05, 4.69) is 25.3 Å². The Bertz CT molecular complexity index is 725. The molecule has 0 aliphatic heterocycles. The van der Waals surface area contributed by atoms with Crippen molar-refractivity contribution in [3.05, 3.63) is 41.8 Å². The fourth-order valence-electron chi connectivity index (χ4n) is 1.74. The fourth-order valence-corrected chi connectivity index (χ4v) is 1.91. The van der Waals surface area contributed by atoms with Crippen molar-refractivity contribution < 1.29 is 22.7 Å². The minimum Gasteiger partial charge on any atom is -0.468 e. The lowest BCUT2D eigenvalue weighted by atomic mass is 10.2. The summed E-state index contributed by atoms with van der Waals surface area (Å²) in [6.07, 6.45) is -1.67. The van der Waals surface area contributed by atoms with E-state index >= 15 is 0 Å². The molecule has 25 heavy (non-hydrogen) atoms. The van der Waals surface area contributed by atoms with Crippen LogP contribution in [0.3, 0.4) is 0 Å². The van der Waals surface area contributed by atoms with Gasteiger partial charge in [0, 0.05) is 12.3 Å². The molecule has 10 heteroatoms. The summed E-state index contributed by atoms with van der Waals surface area (Å²) in [7, 11) is 0. The van der Waals surface area contributed by atoms with E-state index in [1.54, 1.807) is 19.1 Å². The number of pyridine rings is 2. The maximum atomic E-state index is 12.1. The summed E-state index contributed by atoms with van der Waals surface area (Å²) in [6.45, 7) is 0.186. The van der Waals surface area contributed by atoms with Crippen LogP contribution in [-0.4, -0.2) is 34.7 Å². The van der Waals surface area contributed by atoms with Crippen molar-refractivity contribution in [3.63, 3.8) is 0 Å². The Kier molecular flexibility index (Phi) is 6.02. The first-order chi connectivity index (χ1) is 11.7. The van der Waals surface area contributed by atoms with E-state index in [0.29, 0.717) is 11.4 Å². The van der Waals surface area contributed by atoms with Crippen LogP contribution in [0.2, 0.25) is 5.15 Å². The Labute approximate surface area is 146 Å². The third-order valence-corrected chi connectivity index (χ3v) is 3.21. The van der Waals surface area contributed by atoms with Crippen molar-refractivity contribution in [2.45, 2.75) is 19.1 Å². The van der Waals surface area contributed by atoms with Crippen molar-refractivity contribution in [1.29, 1.82) is 0 Å². The molecule has 2 rings (SSSR count). The van der Waals surface area contributed by atoms with Gasteiger partial charge < -0.3 is 15.4 Å². The molecule has 6 nitrogen and oxygen atoms in total. The van der Waals surface area contributed by atoms with Crippen LogP contribution in [0.25, 0.3) is 0 Å². The van der Waals surface area contributed by atoms with E-state index in [4.69, 9.17) is 11.6 Å². The first-order valence-corrected chi connectivity index (χ1v) is 7.46. The number of carbonyl (C=O) groups excluding carboxylic acids is 1. The third-order valence-electron chi connectivity index (χ3n) is 2.91. The average Bonchev–Trinajstić information content (AvgIpc) is 2.55. The summed E-state index contributed by atoms with van der Waals surface area (Å²) in [5.41, 5.74) is 0.816. The number of nitrogens with one attached hydrogen (secondary N) is 2. The van der Waals surface area contributed by atoms with Crippen LogP contribution < -0.4 is 15.4 Å². The standard InChI is InChI=1S/C15H14ClF3N4O2/c1-9(14(24)23-11-3-2-6-20-13(11)16)22-10-4-5-12(21-7-10)25-8-15(17,18)19/h2-7,9,22H,8H2,1H3,(H,23,24)/t9-/m0/s1. The highest BCUT2D eigenvalue weighted by Crippen LogP contribution is 2.20. The van der Waals surface area contributed by atoms with Crippen LogP contribution in [0.15, 0.2) is 36.7 Å². The van der Waals surface area contributed by atoms with Crippen LogP contribution in [0.5, 0.6) is 5.88 Å². The predicted molar refractivity (Wildman–Crippen MR) is 86.7 cm³/mol. The quantitative estimate of drug-likeness (QED) is 0.757. The molecule has 2 aromatic rings. The average molecular weight is 375 g/mol. The highest BCUT2D eigenvalue weighted by Gasteiger charge is 2.28. The van der Waals surface area contributed by atoms with Gasteiger partial charge in [-0.05, 0) is 25.1 Å². The molecule has 0 unspecified atom stereocenters. The normalized spacial score (nSPS) is 12.4. The van der Waals surface area contributed by atoms with Crippen molar-refractivity contribution >= 4 is 28.9 Å². The van der Waals surface area contributed by atoms with Gasteiger partial charge in [0.2, 0.25) is 11.8 Å². The summed E-state index contributed by atoms with van der Waals surface area (Å²) in [4.78, 5) is 19.7. The SMILES string of the molecule is C[C@H](Nc1ccc(OCC(F)(F)F)nc1)C(=O)Nc1cccnc1Cl. The van der Waals surface area contributed by atoms with E-state index in [1.165, 1.54) is 24.5 Å². The van der Waals surface area contributed by atoms with Gasteiger partial charge in [0.15, 0.2) is 11.8 Å². The maximum Gasteiger partial charge on any atom is 0.422 e. The van der Waals surface area contributed by atoms with Crippen LogP contribution in [0.1, 0.15) is 6.92 Å². The molecule has 0 aromatic carbocycles. The second-order valence-electron chi connectivity index (χ2n) is 4.99. The Hall–Kier alpha value is -2.55. The number of anilines is 2. The number of hydrogen-bond acceptors (Lipinski definition) is 5. The Morgan fingerprint density at radius 3 is 2.68 bits per heavy atom. The molecule has 0 fully saturated rings. The van der Waals surface area contributed by atoms with Gasteiger partial charge in [-0.2, -0.15) is 13.2 Å². The van der Waals surface area contributed by atoms with E-state index in [-0.39, 0.29) is 16.9 Å². The highest BCUT2D eigenvalue weighted by molar-refractivity contribution is 6.32. The number of carbonyl (C=O) groups is 1. The first-order valence-electron chi connectivity index (χ1n) is 7.08. The number of aromatic nitrogens is 2. The van der Waals surface area contributed by atoms with Gasteiger partial charge in [-0.25, -0.2) is 9.97 Å². The number of hydrogen-bond donors (Lipinski definition) is 2. The molecule has 2 N–H and O–H groups in total. The molecule has 0 bridgehead atoms. The molecule has 2 heterocycles. The van der Waals surface area contributed by atoms with Gasteiger partial charge in [0.25, 0.3) is 0 Å².